The van der Waals surface area contributed by atoms with Gasteiger partial charge in [-0.25, -0.2) is 0 Å². The number of nitro groups is 1. The second-order valence-electron chi connectivity index (χ2n) is 7.42. The van der Waals surface area contributed by atoms with Gasteiger partial charge in [-0.3, -0.25) is 10.1 Å². The second kappa shape index (κ2) is 6.24. The van der Waals surface area contributed by atoms with Crippen LogP contribution >= 0.6 is 0 Å². The van der Waals surface area contributed by atoms with E-state index >= 15 is 0 Å². The van der Waals surface area contributed by atoms with Crippen molar-refractivity contribution >= 4 is 11.4 Å². The molecule has 0 N–H and O–H groups in total. The fraction of sp³-hybridized carbons (Fsp3) is 0.667. The number of nitrogens with zero attached hydrogens (tertiary/aromatic N) is 2. The summed E-state index contributed by atoms with van der Waals surface area (Å²) in [5.41, 5.74) is 0.175. The monoisotopic (exact) mass is 334 g/mol. The van der Waals surface area contributed by atoms with Crippen molar-refractivity contribution in [1.29, 1.82) is 0 Å². The van der Waals surface area contributed by atoms with Gasteiger partial charge in [-0.1, -0.05) is 18.9 Å². The Kier molecular flexibility index (Phi) is 4.42. The summed E-state index contributed by atoms with van der Waals surface area (Å²) in [6.45, 7) is 7.71. The first-order valence-corrected chi connectivity index (χ1v) is 8.71. The molecule has 132 valence electrons. The summed E-state index contributed by atoms with van der Waals surface area (Å²) < 4.78 is 11.9. The molecule has 1 saturated carbocycles. The number of hydrogen-bond donors (Lipinski definition) is 0. The molecule has 1 aliphatic heterocycles. The van der Waals surface area contributed by atoms with Gasteiger partial charge in [0.05, 0.1) is 22.7 Å². The number of rotatable bonds is 4. The molecule has 6 heteroatoms. The van der Waals surface area contributed by atoms with Gasteiger partial charge in [-0.15, -0.1) is 0 Å². The normalized spacial score (nSPS) is 21.9. The Morgan fingerprint density at radius 1 is 1.29 bits per heavy atom. The van der Waals surface area contributed by atoms with Gasteiger partial charge >= 0.3 is 5.69 Å². The molecule has 1 heterocycles. The van der Waals surface area contributed by atoms with E-state index in [2.05, 4.69) is 18.7 Å². The lowest BCUT2D eigenvalue weighted by Gasteiger charge is -2.49. The van der Waals surface area contributed by atoms with Crippen LogP contribution in [0.5, 0.6) is 5.75 Å². The molecule has 1 saturated heterocycles. The van der Waals surface area contributed by atoms with Crippen LogP contribution in [0.3, 0.4) is 0 Å². The summed E-state index contributed by atoms with van der Waals surface area (Å²) in [7, 11) is 0. The number of ether oxygens (including phenoxy) is 2. The zero-order chi connectivity index (χ0) is 17.4. The predicted molar refractivity (Wildman–Crippen MR) is 92.8 cm³/mol. The van der Waals surface area contributed by atoms with Crippen molar-refractivity contribution in [3.05, 3.63) is 28.3 Å². The van der Waals surface area contributed by atoms with Gasteiger partial charge in [0, 0.05) is 13.1 Å². The molecule has 6 nitrogen and oxygen atoms in total. The molecule has 2 fully saturated rings. The van der Waals surface area contributed by atoms with Crippen LogP contribution in [0.15, 0.2) is 18.2 Å². The predicted octanol–water partition coefficient (Wildman–Crippen LogP) is 3.92. The molecule has 24 heavy (non-hydrogen) atoms. The van der Waals surface area contributed by atoms with E-state index in [4.69, 9.17) is 9.47 Å². The molecule has 0 bridgehead atoms. The van der Waals surface area contributed by atoms with Crippen molar-refractivity contribution in [2.75, 3.05) is 24.6 Å². The number of para-hydroxylation sites is 1. The Balaban J connectivity index is 2.01. The van der Waals surface area contributed by atoms with Crippen molar-refractivity contribution in [3.63, 3.8) is 0 Å². The topological polar surface area (TPSA) is 64.8 Å². The van der Waals surface area contributed by atoms with Gasteiger partial charge in [0.1, 0.15) is 5.69 Å². The van der Waals surface area contributed by atoms with Crippen LogP contribution in [0.1, 0.15) is 46.5 Å². The largest absolute Gasteiger partial charge is 0.487 e. The molecule has 1 spiro atoms. The van der Waals surface area contributed by atoms with Crippen LogP contribution in [-0.4, -0.2) is 35.8 Å². The molecule has 0 aromatic heterocycles. The summed E-state index contributed by atoms with van der Waals surface area (Å²) in [5.74, 6) is 0.338. The van der Waals surface area contributed by atoms with Crippen LogP contribution in [-0.2, 0) is 4.74 Å². The first kappa shape index (κ1) is 17.0. The molecule has 0 atom stereocenters. The zero-order valence-electron chi connectivity index (χ0n) is 14.7. The maximum Gasteiger partial charge on any atom is 0.333 e. The number of benzene rings is 1. The van der Waals surface area contributed by atoms with Gasteiger partial charge in [0.2, 0.25) is 0 Å². The van der Waals surface area contributed by atoms with Crippen molar-refractivity contribution in [2.45, 2.75) is 57.7 Å². The lowest BCUT2D eigenvalue weighted by molar-refractivity contribution is -0.385. The second-order valence-corrected chi connectivity index (χ2v) is 7.42. The van der Waals surface area contributed by atoms with Gasteiger partial charge in [0.25, 0.3) is 0 Å². The SMILES string of the molecule is CCOc1cccc(N2CC(C)(C)OC3(CCCC3)C2)c1[N+](=O)[O-]. The van der Waals surface area contributed by atoms with Crippen LogP contribution in [0.25, 0.3) is 0 Å². The molecule has 1 aromatic carbocycles. The summed E-state index contributed by atoms with van der Waals surface area (Å²) >= 11 is 0. The van der Waals surface area contributed by atoms with Gasteiger partial charge < -0.3 is 14.4 Å². The maximum absolute atomic E-state index is 11.7. The van der Waals surface area contributed by atoms with E-state index in [1.807, 2.05) is 19.1 Å². The third-order valence-electron chi connectivity index (χ3n) is 4.86. The molecular weight excluding hydrogens is 308 g/mol. The van der Waals surface area contributed by atoms with E-state index in [1.165, 1.54) is 0 Å². The molecule has 2 aliphatic rings. The van der Waals surface area contributed by atoms with E-state index in [1.54, 1.807) is 6.07 Å². The Bertz CT molecular complexity index is 623. The quantitative estimate of drug-likeness (QED) is 0.617. The standard InChI is InChI=1S/C18H26N2O4/c1-4-23-15-9-7-8-14(16(15)20(21)22)19-12-17(2,3)24-18(13-19)10-5-6-11-18/h7-9H,4-6,10-13H2,1-3H3. The highest BCUT2D eigenvalue weighted by molar-refractivity contribution is 5.70. The Hall–Kier alpha value is -1.82. The average Bonchev–Trinajstić information content (AvgIpc) is 2.92. The zero-order valence-corrected chi connectivity index (χ0v) is 14.7. The highest BCUT2D eigenvalue weighted by Crippen LogP contribution is 2.45. The molecule has 1 aromatic rings. The number of morpholine rings is 1. The highest BCUT2D eigenvalue weighted by atomic mass is 16.6. The van der Waals surface area contributed by atoms with Crippen molar-refractivity contribution in [3.8, 4) is 5.75 Å². The number of nitro benzene ring substituents is 1. The minimum Gasteiger partial charge on any atom is -0.487 e. The van der Waals surface area contributed by atoms with Crippen LogP contribution in [0, 0.1) is 10.1 Å². The smallest absolute Gasteiger partial charge is 0.333 e. The Morgan fingerprint density at radius 3 is 2.62 bits per heavy atom. The summed E-state index contributed by atoms with van der Waals surface area (Å²) in [6, 6.07) is 5.32. The van der Waals surface area contributed by atoms with E-state index in [-0.39, 0.29) is 21.8 Å². The third kappa shape index (κ3) is 3.20. The lowest BCUT2D eigenvalue weighted by Crippen LogP contribution is -2.58. The fourth-order valence-electron chi connectivity index (χ4n) is 4.19. The van der Waals surface area contributed by atoms with Crippen molar-refractivity contribution in [2.24, 2.45) is 0 Å². The summed E-state index contributed by atoms with van der Waals surface area (Å²) in [6.07, 6.45) is 4.35. The van der Waals surface area contributed by atoms with Gasteiger partial charge in [-0.05, 0) is 45.7 Å². The van der Waals surface area contributed by atoms with E-state index in [0.29, 0.717) is 31.1 Å². The Morgan fingerprint density at radius 2 is 2.00 bits per heavy atom. The minimum absolute atomic E-state index is 0.0604. The fourth-order valence-corrected chi connectivity index (χ4v) is 4.19. The number of hydrogen-bond acceptors (Lipinski definition) is 5. The molecule has 1 aliphatic carbocycles. The van der Waals surface area contributed by atoms with Gasteiger partial charge in [-0.2, -0.15) is 0 Å². The van der Waals surface area contributed by atoms with Crippen LogP contribution in [0.4, 0.5) is 11.4 Å². The average molecular weight is 334 g/mol. The van der Waals surface area contributed by atoms with Crippen LogP contribution < -0.4 is 9.64 Å². The molecule has 0 unspecified atom stereocenters. The van der Waals surface area contributed by atoms with E-state index in [9.17, 15) is 10.1 Å². The minimum atomic E-state index is -0.335. The Labute approximate surface area is 142 Å². The van der Waals surface area contributed by atoms with Crippen molar-refractivity contribution in [1.82, 2.24) is 0 Å². The first-order valence-electron chi connectivity index (χ1n) is 8.71. The third-order valence-corrected chi connectivity index (χ3v) is 4.86. The lowest BCUT2D eigenvalue weighted by atomic mass is 9.93. The number of anilines is 1. The maximum atomic E-state index is 11.7. The molecule has 0 amide bonds. The van der Waals surface area contributed by atoms with Crippen LogP contribution in [0.2, 0.25) is 0 Å². The molecule has 0 radical (unpaired) electrons. The van der Waals surface area contributed by atoms with E-state index in [0.717, 1.165) is 25.7 Å². The highest BCUT2D eigenvalue weighted by Gasteiger charge is 2.47. The first-order chi connectivity index (χ1) is 11.4. The summed E-state index contributed by atoms with van der Waals surface area (Å²) in [4.78, 5) is 13.5. The molecular formula is C18H26N2O4. The molecule has 3 rings (SSSR count). The van der Waals surface area contributed by atoms with Gasteiger partial charge in [0.15, 0.2) is 5.75 Å². The van der Waals surface area contributed by atoms with E-state index < -0.39 is 0 Å². The van der Waals surface area contributed by atoms with Crippen molar-refractivity contribution < 1.29 is 14.4 Å². The summed E-state index contributed by atoms with van der Waals surface area (Å²) in [5, 5.41) is 11.7.